The lowest BCUT2D eigenvalue weighted by Gasteiger charge is -2.17. The number of nitrogens with zero attached hydrogens (tertiary/aromatic N) is 2. The van der Waals surface area contributed by atoms with Gasteiger partial charge in [0.05, 0.1) is 22.8 Å². The summed E-state index contributed by atoms with van der Waals surface area (Å²) in [6, 6.07) is 12.8. The molecular weight excluding hydrogens is 304 g/mol. The van der Waals surface area contributed by atoms with Crippen LogP contribution in [-0.2, 0) is 0 Å². The summed E-state index contributed by atoms with van der Waals surface area (Å²) in [5, 5.41) is 0. The van der Waals surface area contributed by atoms with Gasteiger partial charge in [-0.25, -0.2) is 0 Å². The van der Waals surface area contributed by atoms with Gasteiger partial charge in [-0.3, -0.25) is 9.98 Å². The Balaban J connectivity index is 1.84. The molecule has 0 N–H and O–H groups in total. The average molecular weight is 330 g/mol. The molecule has 2 heteroatoms. The van der Waals surface area contributed by atoms with Gasteiger partial charge in [0.25, 0.3) is 0 Å². The first-order chi connectivity index (χ1) is 12.0. The van der Waals surface area contributed by atoms with Gasteiger partial charge >= 0.3 is 0 Å². The number of rotatable bonds is 2. The van der Waals surface area contributed by atoms with Crippen LogP contribution in [0.15, 0.2) is 46.4 Å². The molecule has 0 amide bonds. The zero-order valence-electron chi connectivity index (χ0n) is 15.6. The third-order valence-electron chi connectivity index (χ3n) is 5.81. The molecule has 0 aromatic heterocycles. The average Bonchev–Trinajstić information content (AvgIpc) is 3.16. The van der Waals surface area contributed by atoms with Crippen molar-refractivity contribution in [3.63, 3.8) is 0 Å². The number of para-hydroxylation sites is 2. The largest absolute Gasteiger partial charge is 0.251 e. The van der Waals surface area contributed by atoms with Crippen LogP contribution in [0.3, 0.4) is 0 Å². The van der Waals surface area contributed by atoms with Crippen LogP contribution in [0.5, 0.6) is 0 Å². The van der Waals surface area contributed by atoms with Crippen LogP contribution in [0.4, 0.5) is 11.4 Å². The summed E-state index contributed by atoms with van der Waals surface area (Å²) >= 11 is 0. The molecule has 2 bridgehead atoms. The van der Waals surface area contributed by atoms with Crippen molar-refractivity contribution in [2.24, 2.45) is 21.8 Å². The van der Waals surface area contributed by atoms with E-state index in [2.05, 4.69) is 64.1 Å². The van der Waals surface area contributed by atoms with Gasteiger partial charge in [0.2, 0.25) is 0 Å². The van der Waals surface area contributed by atoms with Crippen LogP contribution < -0.4 is 0 Å². The van der Waals surface area contributed by atoms with Crippen molar-refractivity contribution in [2.45, 2.75) is 47.0 Å². The monoisotopic (exact) mass is 330 g/mol. The Kier molecular flexibility index (Phi) is 4.07. The van der Waals surface area contributed by atoms with Gasteiger partial charge in [0.1, 0.15) is 0 Å². The molecule has 0 aliphatic heterocycles. The third kappa shape index (κ3) is 2.84. The van der Waals surface area contributed by atoms with Gasteiger partial charge < -0.3 is 0 Å². The highest BCUT2D eigenvalue weighted by molar-refractivity contribution is 6.47. The maximum atomic E-state index is 5.16. The van der Waals surface area contributed by atoms with Gasteiger partial charge in [-0.1, -0.05) is 36.4 Å². The van der Waals surface area contributed by atoms with Crippen molar-refractivity contribution < 1.29 is 0 Å². The molecule has 0 saturated heterocycles. The number of aryl methyl sites for hydroxylation is 4. The molecule has 2 unspecified atom stereocenters. The zero-order chi connectivity index (χ0) is 17.6. The second kappa shape index (κ2) is 6.25. The Bertz CT molecular complexity index is 775. The second-order valence-electron chi connectivity index (χ2n) is 7.68. The molecule has 2 aromatic carbocycles. The summed E-state index contributed by atoms with van der Waals surface area (Å²) in [5.74, 6) is 1.18. The molecule has 2 aromatic rings. The SMILES string of the molecule is Cc1cccc(C)c1N=C1C(=Nc2c(C)cccc2C)C2CCC1C2. The Morgan fingerprint density at radius 1 is 0.640 bits per heavy atom. The number of benzene rings is 2. The van der Waals surface area contributed by atoms with E-state index in [1.54, 1.807) is 0 Å². The maximum Gasteiger partial charge on any atom is 0.0692 e. The second-order valence-corrected chi connectivity index (χ2v) is 7.68. The predicted molar refractivity (Wildman–Crippen MR) is 107 cm³/mol. The van der Waals surface area contributed by atoms with E-state index in [4.69, 9.17) is 9.98 Å². The Hall–Kier alpha value is -2.22. The van der Waals surface area contributed by atoms with E-state index >= 15 is 0 Å². The van der Waals surface area contributed by atoms with Gasteiger partial charge in [-0.05, 0) is 69.2 Å². The summed E-state index contributed by atoms with van der Waals surface area (Å²) < 4.78 is 0. The summed E-state index contributed by atoms with van der Waals surface area (Å²) in [5.41, 5.74) is 9.78. The van der Waals surface area contributed by atoms with E-state index in [0.717, 1.165) is 11.4 Å². The number of fused-ring (bicyclic) bond motifs is 2. The molecule has 0 heterocycles. The maximum absolute atomic E-state index is 5.16. The molecule has 0 radical (unpaired) electrons. The van der Waals surface area contributed by atoms with Gasteiger partial charge in [0.15, 0.2) is 0 Å². The zero-order valence-corrected chi connectivity index (χ0v) is 15.6. The third-order valence-corrected chi connectivity index (χ3v) is 5.81. The van der Waals surface area contributed by atoms with Crippen LogP contribution >= 0.6 is 0 Å². The normalized spacial score (nSPS) is 25.3. The molecule has 25 heavy (non-hydrogen) atoms. The minimum absolute atomic E-state index is 0.590. The molecule has 2 aliphatic carbocycles. The fourth-order valence-corrected chi connectivity index (χ4v) is 4.40. The molecule has 4 rings (SSSR count). The predicted octanol–water partition coefficient (Wildman–Crippen LogP) is 6.20. The Morgan fingerprint density at radius 3 is 1.36 bits per heavy atom. The van der Waals surface area contributed by atoms with Gasteiger partial charge in [0, 0.05) is 11.8 Å². The molecule has 128 valence electrons. The Labute approximate surface area is 150 Å². The number of hydrogen-bond acceptors (Lipinski definition) is 2. The summed E-state index contributed by atoms with van der Waals surface area (Å²) in [6.07, 6.45) is 3.76. The van der Waals surface area contributed by atoms with E-state index in [9.17, 15) is 0 Å². The molecule has 0 spiro atoms. The minimum Gasteiger partial charge on any atom is -0.251 e. The summed E-state index contributed by atoms with van der Waals surface area (Å²) in [6.45, 7) is 8.62. The number of hydrogen-bond donors (Lipinski definition) is 0. The first kappa shape index (κ1) is 16.3. The molecule has 2 fully saturated rings. The number of aliphatic imine (C=N–C) groups is 2. The molecule has 2 aliphatic rings. The first-order valence-electron chi connectivity index (χ1n) is 9.34. The lowest BCUT2D eigenvalue weighted by atomic mass is 9.95. The van der Waals surface area contributed by atoms with Crippen molar-refractivity contribution in [3.8, 4) is 0 Å². The summed E-state index contributed by atoms with van der Waals surface area (Å²) in [7, 11) is 0. The lowest BCUT2D eigenvalue weighted by molar-refractivity contribution is 0.736. The topological polar surface area (TPSA) is 24.7 Å². The highest BCUT2D eigenvalue weighted by Gasteiger charge is 2.42. The van der Waals surface area contributed by atoms with Crippen LogP contribution in [-0.4, -0.2) is 11.4 Å². The highest BCUT2D eigenvalue weighted by Crippen LogP contribution is 2.43. The van der Waals surface area contributed by atoms with Gasteiger partial charge in [-0.15, -0.1) is 0 Å². The lowest BCUT2D eigenvalue weighted by Crippen LogP contribution is -2.22. The standard InChI is InChI=1S/C23H26N2/c1-14-7-5-8-15(2)20(14)24-22-18-11-12-19(13-18)23(22)25-21-16(3)9-6-10-17(21)4/h5-10,18-19H,11-13H2,1-4H3. The van der Waals surface area contributed by atoms with Gasteiger partial charge in [-0.2, -0.15) is 0 Å². The van der Waals surface area contributed by atoms with E-state index in [0.29, 0.717) is 11.8 Å². The summed E-state index contributed by atoms with van der Waals surface area (Å²) in [4.78, 5) is 10.3. The van der Waals surface area contributed by atoms with Crippen molar-refractivity contribution >= 4 is 22.8 Å². The molecule has 2 nitrogen and oxygen atoms in total. The minimum atomic E-state index is 0.590. The smallest absolute Gasteiger partial charge is 0.0692 e. The van der Waals surface area contributed by atoms with Crippen LogP contribution in [0.2, 0.25) is 0 Å². The van der Waals surface area contributed by atoms with E-state index in [-0.39, 0.29) is 0 Å². The van der Waals surface area contributed by atoms with Crippen molar-refractivity contribution in [1.82, 2.24) is 0 Å². The fraction of sp³-hybridized carbons (Fsp3) is 0.391. The van der Waals surface area contributed by atoms with E-state index < -0.39 is 0 Å². The van der Waals surface area contributed by atoms with Crippen LogP contribution in [0.1, 0.15) is 41.5 Å². The fourth-order valence-electron chi connectivity index (χ4n) is 4.40. The molecule has 2 saturated carbocycles. The van der Waals surface area contributed by atoms with Crippen molar-refractivity contribution in [2.75, 3.05) is 0 Å². The molecular formula is C23H26N2. The quantitative estimate of drug-likeness (QED) is 0.626. The Morgan fingerprint density at radius 2 is 1.00 bits per heavy atom. The highest BCUT2D eigenvalue weighted by atomic mass is 14.9. The molecule has 2 atom stereocenters. The van der Waals surface area contributed by atoms with Crippen molar-refractivity contribution in [1.29, 1.82) is 0 Å². The van der Waals surface area contributed by atoms with E-state index in [1.807, 2.05) is 0 Å². The van der Waals surface area contributed by atoms with Crippen LogP contribution in [0.25, 0.3) is 0 Å². The first-order valence-corrected chi connectivity index (χ1v) is 9.34. The van der Waals surface area contributed by atoms with E-state index in [1.165, 1.54) is 52.9 Å². The van der Waals surface area contributed by atoms with Crippen molar-refractivity contribution in [3.05, 3.63) is 58.7 Å². The van der Waals surface area contributed by atoms with Crippen LogP contribution in [0, 0.1) is 39.5 Å².